The summed E-state index contributed by atoms with van der Waals surface area (Å²) in [5.41, 5.74) is 5.12. The van der Waals surface area contributed by atoms with Crippen LogP contribution in [-0.2, 0) is 11.3 Å². The number of H-pyrrole nitrogens is 1. The monoisotopic (exact) mass is 420 g/mol. The zero-order valence-electron chi connectivity index (χ0n) is 17.1. The van der Waals surface area contributed by atoms with Crippen LogP contribution in [0.25, 0.3) is 33.1 Å². The molecule has 3 heterocycles. The summed E-state index contributed by atoms with van der Waals surface area (Å²) in [5, 5.41) is 7.91. The minimum Gasteiger partial charge on any atom is -0.351 e. The number of carbonyl (C=O) groups excluding carboxylic acids is 2. The third kappa shape index (κ3) is 2.88. The van der Waals surface area contributed by atoms with Crippen LogP contribution in [-0.4, -0.2) is 21.4 Å². The Balaban J connectivity index is 1.49. The van der Waals surface area contributed by atoms with Gasteiger partial charge in [-0.05, 0) is 29.3 Å². The Morgan fingerprint density at radius 1 is 0.906 bits per heavy atom. The first-order valence-electron chi connectivity index (χ1n) is 10.5. The van der Waals surface area contributed by atoms with Gasteiger partial charge in [0.05, 0.1) is 11.2 Å². The molecule has 1 aliphatic heterocycles. The molecule has 6 rings (SSSR count). The molecule has 0 aliphatic carbocycles. The van der Waals surface area contributed by atoms with Crippen molar-refractivity contribution in [3.63, 3.8) is 0 Å². The molecule has 3 aromatic carbocycles. The van der Waals surface area contributed by atoms with Crippen LogP contribution in [0.15, 0.2) is 84.9 Å². The van der Waals surface area contributed by atoms with Crippen LogP contribution in [0.4, 0.5) is 0 Å². The molecule has 0 radical (unpaired) electrons. The average Bonchev–Trinajstić information content (AvgIpc) is 3.40. The summed E-state index contributed by atoms with van der Waals surface area (Å²) < 4.78 is 1.95. The predicted octanol–water partition coefficient (Wildman–Crippen LogP) is 4.35. The van der Waals surface area contributed by atoms with Crippen LogP contribution in [0, 0.1) is 0 Å². The molecule has 5 aromatic rings. The lowest BCUT2D eigenvalue weighted by Crippen LogP contribution is -2.42. The number of nitrogens with zero attached hydrogens (tertiary/aromatic N) is 1. The second kappa shape index (κ2) is 7.13. The highest BCUT2D eigenvalue weighted by molar-refractivity contribution is 6.01. The molecule has 0 bridgehead atoms. The van der Waals surface area contributed by atoms with Crippen molar-refractivity contribution < 1.29 is 9.59 Å². The SMILES string of the molecule is O=C(NC1C(=O)NCc2cccc3cc(-c4ccccc4)n1c23)c1cc2ccccc2[nH]1. The number of aromatic nitrogens is 2. The van der Waals surface area contributed by atoms with Crippen molar-refractivity contribution in [3.8, 4) is 11.3 Å². The van der Waals surface area contributed by atoms with E-state index in [0.717, 1.165) is 38.6 Å². The molecule has 0 saturated heterocycles. The van der Waals surface area contributed by atoms with E-state index in [1.54, 1.807) is 6.07 Å². The smallest absolute Gasteiger partial charge is 0.269 e. The van der Waals surface area contributed by atoms with Crippen molar-refractivity contribution in [2.75, 3.05) is 0 Å². The first-order chi connectivity index (χ1) is 15.7. The Morgan fingerprint density at radius 2 is 1.69 bits per heavy atom. The number of amides is 2. The molecule has 2 amide bonds. The van der Waals surface area contributed by atoms with Gasteiger partial charge in [-0.2, -0.15) is 0 Å². The van der Waals surface area contributed by atoms with Crippen LogP contribution in [0.1, 0.15) is 22.2 Å². The molecular weight excluding hydrogens is 400 g/mol. The Labute approximate surface area is 183 Å². The molecule has 1 atom stereocenters. The van der Waals surface area contributed by atoms with Crippen molar-refractivity contribution in [2.24, 2.45) is 0 Å². The lowest BCUT2D eigenvalue weighted by molar-refractivity contribution is -0.124. The maximum absolute atomic E-state index is 13.2. The number of benzene rings is 3. The van der Waals surface area contributed by atoms with Gasteiger partial charge in [0.1, 0.15) is 5.69 Å². The predicted molar refractivity (Wildman–Crippen MR) is 124 cm³/mol. The fraction of sp³-hybridized carbons (Fsp3) is 0.0769. The van der Waals surface area contributed by atoms with E-state index in [2.05, 4.69) is 21.7 Å². The average molecular weight is 420 g/mol. The molecule has 0 fully saturated rings. The minimum atomic E-state index is -0.884. The fourth-order valence-corrected chi connectivity index (χ4v) is 4.52. The van der Waals surface area contributed by atoms with Gasteiger partial charge in [-0.15, -0.1) is 0 Å². The molecule has 3 N–H and O–H groups in total. The summed E-state index contributed by atoms with van der Waals surface area (Å²) in [7, 11) is 0. The third-order valence-electron chi connectivity index (χ3n) is 6.02. The molecule has 0 saturated carbocycles. The van der Waals surface area contributed by atoms with E-state index in [0.29, 0.717) is 12.2 Å². The van der Waals surface area contributed by atoms with Crippen LogP contribution in [0.3, 0.4) is 0 Å². The van der Waals surface area contributed by atoms with Crippen molar-refractivity contribution in [2.45, 2.75) is 12.7 Å². The number of aromatic amines is 1. The first kappa shape index (κ1) is 18.4. The zero-order valence-corrected chi connectivity index (χ0v) is 17.1. The topological polar surface area (TPSA) is 78.9 Å². The Hall–Kier alpha value is -4.32. The van der Waals surface area contributed by atoms with Gasteiger partial charge in [-0.25, -0.2) is 0 Å². The second-order valence-corrected chi connectivity index (χ2v) is 7.98. The summed E-state index contributed by atoms with van der Waals surface area (Å²) >= 11 is 0. The molecule has 2 aromatic heterocycles. The fourth-order valence-electron chi connectivity index (χ4n) is 4.52. The van der Waals surface area contributed by atoms with Crippen molar-refractivity contribution in [3.05, 3.63) is 96.2 Å². The number of fused-ring (bicyclic) bond motifs is 1. The minimum absolute atomic E-state index is 0.250. The van der Waals surface area contributed by atoms with Crippen LogP contribution >= 0.6 is 0 Å². The van der Waals surface area contributed by atoms with E-state index < -0.39 is 6.17 Å². The summed E-state index contributed by atoms with van der Waals surface area (Å²) in [4.78, 5) is 29.5. The number of nitrogens with one attached hydrogen (secondary N) is 3. The highest BCUT2D eigenvalue weighted by Crippen LogP contribution is 2.34. The number of rotatable bonds is 3. The summed E-state index contributed by atoms with van der Waals surface area (Å²) in [5.74, 6) is -0.582. The molecule has 1 unspecified atom stereocenters. The normalized spacial score (nSPS) is 15.5. The third-order valence-corrected chi connectivity index (χ3v) is 6.02. The van der Waals surface area contributed by atoms with Crippen molar-refractivity contribution in [1.29, 1.82) is 0 Å². The van der Waals surface area contributed by atoms with Crippen molar-refractivity contribution in [1.82, 2.24) is 20.2 Å². The lowest BCUT2D eigenvalue weighted by Gasteiger charge is -2.21. The summed E-state index contributed by atoms with van der Waals surface area (Å²) in [6, 6.07) is 27.5. The molecule has 0 spiro atoms. The number of hydrogen-bond donors (Lipinski definition) is 3. The van der Waals surface area contributed by atoms with Crippen LogP contribution in [0.2, 0.25) is 0 Å². The van der Waals surface area contributed by atoms with Gasteiger partial charge >= 0.3 is 0 Å². The maximum Gasteiger partial charge on any atom is 0.269 e. The molecule has 156 valence electrons. The van der Waals surface area contributed by atoms with Crippen LogP contribution in [0.5, 0.6) is 0 Å². The van der Waals surface area contributed by atoms with E-state index in [1.165, 1.54) is 0 Å². The second-order valence-electron chi connectivity index (χ2n) is 7.98. The largest absolute Gasteiger partial charge is 0.351 e. The summed E-state index contributed by atoms with van der Waals surface area (Å²) in [6.07, 6.45) is -0.884. The number of para-hydroxylation sites is 2. The lowest BCUT2D eigenvalue weighted by atomic mass is 10.1. The van der Waals surface area contributed by atoms with E-state index in [4.69, 9.17) is 0 Å². The standard InChI is InChI=1S/C26H20N4O2/c31-25(21-13-17-9-4-5-12-20(17)28-21)29-24-26(32)27-15-19-11-6-10-18-14-22(30(24)23(18)19)16-7-2-1-3-8-16/h1-14,24,28H,15H2,(H,27,32)(H,29,31). The molecular formula is C26H20N4O2. The highest BCUT2D eigenvalue weighted by Gasteiger charge is 2.31. The highest BCUT2D eigenvalue weighted by atomic mass is 16.2. The van der Waals surface area contributed by atoms with Crippen molar-refractivity contribution >= 4 is 33.6 Å². The van der Waals surface area contributed by atoms with Gasteiger partial charge in [0.25, 0.3) is 11.8 Å². The number of hydrogen-bond acceptors (Lipinski definition) is 2. The van der Waals surface area contributed by atoms with E-state index >= 15 is 0 Å². The molecule has 6 nitrogen and oxygen atoms in total. The first-order valence-corrected chi connectivity index (χ1v) is 10.5. The molecule has 32 heavy (non-hydrogen) atoms. The quantitative estimate of drug-likeness (QED) is 0.406. The van der Waals surface area contributed by atoms with Gasteiger partial charge in [0.15, 0.2) is 6.17 Å². The van der Waals surface area contributed by atoms with Gasteiger partial charge in [-0.1, -0.05) is 66.7 Å². The van der Waals surface area contributed by atoms with E-state index in [-0.39, 0.29) is 11.8 Å². The van der Waals surface area contributed by atoms with Gasteiger partial charge in [0, 0.05) is 22.8 Å². The maximum atomic E-state index is 13.2. The Kier molecular flexibility index (Phi) is 4.11. The van der Waals surface area contributed by atoms with E-state index in [9.17, 15) is 9.59 Å². The van der Waals surface area contributed by atoms with Gasteiger partial charge in [0.2, 0.25) is 0 Å². The van der Waals surface area contributed by atoms with Gasteiger partial charge < -0.3 is 20.2 Å². The number of carbonyl (C=O) groups is 2. The Morgan fingerprint density at radius 3 is 2.53 bits per heavy atom. The van der Waals surface area contributed by atoms with E-state index in [1.807, 2.05) is 77.4 Å². The molecule has 6 heteroatoms. The Bertz CT molecular complexity index is 1460. The molecule has 1 aliphatic rings. The summed E-state index contributed by atoms with van der Waals surface area (Å²) in [6.45, 7) is 0.410. The van der Waals surface area contributed by atoms with Gasteiger partial charge in [-0.3, -0.25) is 9.59 Å². The zero-order chi connectivity index (χ0) is 21.7. The van der Waals surface area contributed by atoms with Crippen LogP contribution < -0.4 is 10.6 Å².